The van der Waals surface area contributed by atoms with E-state index in [1.165, 1.54) is 0 Å². The number of anilines is 1. The van der Waals surface area contributed by atoms with Crippen LogP contribution in [0.25, 0.3) is 0 Å². The normalized spacial score (nSPS) is 17.3. The molecule has 15 heteroatoms. The van der Waals surface area contributed by atoms with Gasteiger partial charge in [0.25, 0.3) is 5.91 Å². The monoisotopic (exact) mass is 623 g/mol. The molecule has 2 aliphatic heterocycles. The molecule has 220 valence electrons. The van der Waals surface area contributed by atoms with Gasteiger partial charge in [0.15, 0.2) is 0 Å². The minimum atomic E-state index is -1.02. The topological polar surface area (TPSA) is 156 Å². The van der Waals surface area contributed by atoms with Crippen molar-refractivity contribution in [2.24, 2.45) is 5.10 Å². The second-order valence-corrected chi connectivity index (χ2v) is 11.3. The number of benzene rings is 2. The fraction of sp³-hybridized carbons (Fsp3) is 0.385. The molecule has 2 heterocycles. The van der Waals surface area contributed by atoms with Crippen molar-refractivity contribution in [2.75, 3.05) is 36.7 Å². The molecule has 6 N–H and O–H groups in total. The standard InChI is InChI=1S/C26H31Cl2N7O5S/c27-19-2-1-3-20(28)24(19)25(37)30-17-6-4-16(5-7-17)12-21(26(38)39)29-15-40-13-18-14-41-11-10-35(18)23(36)9-8-22-31-33-34-32-22/h1-7,18,21,29,33-34H,8-15H2,(H,30,37)(H,31,32)(H,38,39)/t18?,21-/m0/s1. The summed E-state index contributed by atoms with van der Waals surface area (Å²) < 4.78 is 5.77. The number of amidine groups is 1. The highest BCUT2D eigenvalue weighted by atomic mass is 35.5. The Kier molecular flexibility index (Phi) is 11.5. The minimum Gasteiger partial charge on any atom is -0.480 e. The molecule has 0 bridgehead atoms. The number of halogens is 2. The van der Waals surface area contributed by atoms with Gasteiger partial charge < -0.3 is 20.1 Å². The van der Waals surface area contributed by atoms with Crippen LogP contribution in [-0.4, -0.2) is 77.1 Å². The van der Waals surface area contributed by atoms with Crippen molar-refractivity contribution in [1.82, 2.24) is 26.7 Å². The number of hydrazone groups is 1. The molecule has 2 aliphatic rings. The summed E-state index contributed by atoms with van der Waals surface area (Å²) in [7, 11) is 0. The predicted molar refractivity (Wildman–Crippen MR) is 159 cm³/mol. The summed E-state index contributed by atoms with van der Waals surface area (Å²) in [5.74, 6) is 0.852. The lowest BCUT2D eigenvalue weighted by Crippen LogP contribution is -2.49. The van der Waals surface area contributed by atoms with E-state index in [-0.39, 0.29) is 40.7 Å². The molecule has 0 radical (unpaired) electrons. The third kappa shape index (κ3) is 8.96. The van der Waals surface area contributed by atoms with Crippen molar-refractivity contribution in [3.05, 3.63) is 63.6 Å². The third-order valence-corrected chi connectivity index (χ3v) is 8.18. The van der Waals surface area contributed by atoms with Crippen molar-refractivity contribution >= 4 is 64.3 Å². The summed E-state index contributed by atoms with van der Waals surface area (Å²) in [6, 6.07) is 10.7. The first-order valence-corrected chi connectivity index (χ1v) is 14.8. The first-order valence-electron chi connectivity index (χ1n) is 12.9. The number of carboxylic acid groups (broad SMARTS) is 1. The van der Waals surface area contributed by atoms with E-state index in [4.69, 9.17) is 27.9 Å². The van der Waals surface area contributed by atoms with Gasteiger partial charge in [-0.25, -0.2) is 5.53 Å². The van der Waals surface area contributed by atoms with E-state index in [9.17, 15) is 19.5 Å². The van der Waals surface area contributed by atoms with Gasteiger partial charge in [-0.2, -0.15) is 11.8 Å². The van der Waals surface area contributed by atoms with Crippen LogP contribution in [0.3, 0.4) is 0 Å². The van der Waals surface area contributed by atoms with E-state index in [1.54, 1.807) is 54.2 Å². The predicted octanol–water partition coefficient (Wildman–Crippen LogP) is 2.46. The Morgan fingerprint density at radius 3 is 2.61 bits per heavy atom. The van der Waals surface area contributed by atoms with Crippen LogP contribution in [-0.2, 0) is 20.7 Å². The molecule has 1 saturated heterocycles. The number of ether oxygens (including phenoxy) is 1. The van der Waals surface area contributed by atoms with Crippen LogP contribution in [0, 0.1) is 0 Å². The number of rotatable bonds is 13. The molecule has 2 atom stereocenters. The van der Waals surface area contributed by atoms with E-state index < -0.39 is 17.9 Å². The zero-order valence-corrected chi connectivity index (χ0v) is 24.3. The Balaban J connectivity index is 1.23. The van der Waals surface area contributed by atoms with Gasteiger partial charge in [0, 0.05) is 36.6 Å². The van der Waals surface area contributed by atoms with Crippen LogP contribution in [0.5, 0.6) is 0 Å². The van der Waals surface area contributed by atoms with Crippen LogP contribution >= 0.6 is 35.0 Å². The molecule has 41 heavy (non-hydrogen) atoms. The first kappa shape index (κ1) is 30.9. The summed E-state index contributed by atoms with van der Waals surface area (Å²) >= 11 is 14.0. The second-order valence-electron chi connectivity index (χ2n) is 9.30. The highest BCUT2D eigenvalue weighted by molar-refractivity contribution is 7.99. The maximum absolute atomic E-state index is 12.8. The maximum Gasteiger partial charge on any atom is 0.321 e. The molecule has 2 aromatic rings. The summed E-state index contributed by atoms with van der Waals surface area (Å²) in [6.45, 7) is 0.955. The third-order valence-electron chi connectivity index (χ3n) is 6.46. The van der Waals surface area contributed by atoms with Gasteiger partial charge >= 0.3 is 5.97 Å². The average Bonchev–Trinajstić information content (AvgIpc) is 3.48. The Bertz CT molecular complexity index is 1250. The van der Waals surface area contributed by atoms with Crippen molar-refractivity contribution in [2.45, 2.75) is 31.3 Å². The summed E-state index contributed by atoms with van der Waals surface area (Å²) in [6.07, 6.45) is 1.02. The van der Waals surface area contributed by atoms with Crippen LogP contribution in [0.4, 0.5) is 5.69 Å². The zero-order chi connectivity index (χ0) is 29.2. The molecule has 0 saturated carbocycles. The molecular formula is C26H31Cl2N7O5S. The van der Waals surface area contributed by atoms with E-state index >= 15 is 0 Å². The SMILES string of the molecule is O=C(Nc1ccc(C[C@H](NCOCC2CSCCN2C(=O)CCC2=NNNN2)C(=O)O)cc1)c1c(Cl)cccc1Cl. The molecule has 1 unspecified atom stereocenters. The summed E-state index contributed by atoms with van der Waals surface area (Å²) in [5.41, 5.74) is 9.51. The highest BCUT2D eigenvalue weighted by Gasteiger charge is 2.28. The van der Waals surface area contributed by atoms with E-state index in [2.05, 4.69) is 32.2 Å². The number of hydrogen-bond acceptors (Lipinski definition) is 10. The molecule has 0 aromatic heterocycles. The van der Waals surface area contributed by atoms with Crippen LogP contribution in [0.2, 0.25) is 10.0 Å². The molecule has 2 aromatic carbocycles. The highest BCUT2D eigenvalue weighted by Crippen LogP contribution is 2.25. The number of hydrogen-bond donors (Lipinski definition) is 6. The number of thioether (sulfide) groups is 1. The number of carbonyl (C=O) groups excluding carboxylic acids is 2. The smallest absolute Gasteiger partial charge is 0.321 e. The van der Waals surface area contributed by atoms with Gasteiger partial charge in [-0.15, -0.1) is 10.6 Å². The lowest BCUT2D eigenvalue weighted by atomic mass is 10.1. The zero-order valence-electron chi connectivity index (χ0n) is 22.0. The van der Waals surface area contributed by atoms with Crippen molar-refractivity contribution in [3.8, 4) is 0 Å². The molecule has 2 amide bonds. The van der Waals surface area contributed by atoms with Gasteiger partial charge in [0.05, 0.1) is 35.0 Å². The first-order chi connectivity index (χ1) is 19.8. The maximum atomic E-state index is 12.8. The molecule has 0 aliphatic carbocycles. The number of nitrogens with zero attached hydrogens (tertiary/aromatic N) is 2. The minimum absolute atomic E-state index is 0.0188. The molecule has 0 spiro atoms. The van der Waals surface area contributed by atoms with Crippen molar-refractivity contribution < 1.29 is 24.2 Å². The largest absolute Gasteiger partial charge is 0.480 e. The van der Waals surface area contributed by atoms with Gasteiger partial charge in [-0.05, 0) is 36.2 Å². The van der Waals surface area contributed by atoms with Gasteiger partial charge in [0.2, 0.25) is 5.91 Å². The Morgan fingerprint density at radius 2 is 1.93 bits per heavy atom. The van der Waals surface area contributed by atoms with E-state index in [0.717, 1.165) is 17.1 Å². The fourth-order valence-corrected chi connectivity index (χ4v) is 5.91. The average molecular weight is 625 g/mol. The second kappa shape index (κ2) is 15.2. The Hall–Kier alpha value is -3.07. The number of amides is 2. The lowest BCUT2D eigenvalue weighted by Gasteiger charge is -2.35. The van der Waals surface area contributed by atoms with E-state index in [1.807, 2.05) is 4.90 Å². The number of carboxylic acids is 1. The molecule has 12 nitrogen and oxygen atoms in total. The number of hydrazine groups is 2. The number of nitrogens with one attached hydrogen (secondary N) is 5. The van der Waals surface area contributed by atoms with Crippen LogP contribution < -0.4 is 27.1 Å². The van der Waals surface area contributed by atoms with Crippen molar-refractivity contribution in [1.29, 1.82) is 0 Å². The number of carbonyl (C=O) groups is 3. The van der Waals surface area contributed by atoms with Gasteiger partial charge in [0.1, 0.15) is 11.9 Å². The Labute approximate surface area is 251 Å². The van der Waals surface area contributed by atoms with Crippen LogP contribution in [0.1, 0.15) is 28.8 Å². The summed E-state index contributed by atoms with van der Waals surface area (Å²) in [4.78, 5) is 39.1. The van der Waals surface area contributed by atoms with Crippen LogP contribution in [0.15, 0.2) is 47.6 Å². The van der Waals surface area contributed by atoms with E-state index in [0.29, 0.717) is 37.5 Å². The molecule has 1 fully saturated rings. The van der Waals surface area contributed by atoms with Crippen molar-refractivity contribution in [3.63, 3.8) is 0 Å². The summed E-state index contributed by atoms with van der Waals surface area (Å²) in [5, 5.41) is 19.9. The number of aliphatic carboxylic acids is 1. The fourth-order valence-electron chi connectivity index (χ4n) is 4.30. The Morgan fingerprint density at radius 1 is 1.17 bits per heavy atom. The van der Waals surface area contributed by atoms with Gasteiger partial charge in [-0.1, -0.05) is 41.4 Å². The molecule has 4 rings (SSSR count). The van der Waals surface area contributed by atoms with Gasteiger partial charge in [-0.3, -0.25) is 25.1 Å². The molecular weight excluding hydrogens is 593 g/mol. The lowest BCUT2D eigenvalue weighted by molar-refractivity contribution is -0.140. The quantitative estimate of drug-likeness (QED) is 0.145.